The van der Waals surface area contributed by atoms with Crippen molar-refractivity contribution in [3.8, 4) is 0 Å². The molecule has 6 heteroatoms. The number of aromatic nitrogens is 2. The minimum Gasteiger partial charge on any atom is -0.478 e. The highest BCUT2D eigenvalue weighted by molar-refractivity contribution is 5.99. The molecule has 2 rings (SSSR count). The Balaban J connectivity index is 2.91. The zero-order valence-electron chi connectivity index (χ0n) is 7.86. The van der Waals surface area contributed by atoms with Gasteiger partial charge >= 0.3 is 5.97 Å². The van der Waals surface area contributed by atoms with Gasteiger partial charge in [0.1, 0.15) is 5.52 Å². The predicted molar refractivity (Wildman–Crippen MR) is 52.0 cm³/mol. The molecule has 1 aromatic heterocycles. The number of imidazole rings is 1. The van der Waals surface area contributed by atoms with Gasteiger partial charge in [-0.15, -0.1) is 0 Å². The van der Waals surface area contributed by atoms with Crippen molar-refractivity contribution in [2.45, 2.75) is 0 Å². The van der Waals surface area contributed by atoms with E-state index in [2.05, 4.69) is 4.98 Å². The summed E-state index contributed by atoms with van der Waals surface area (Å²) in [5.74, 6) is -2.04. The van der Waals surface area contributed by atoms with Crippen LogP contribution < -0.4 is 5.73 Å². The molecule has 0 fully saturated rings. The number of carbonyl (C=O) groups is 1. The van der Waals surface area contributed by atoms with Crippen molar-refractivity contribution < 1.29 is 14.3 Å². The number of aromatic carboxylic acids is 1. The number of aryl methyl sites for hydroxylation is 1. The van der Waals surface area contributed by atoms with Gasteiger partial charge in [-0.05, 0) is 6.07 Å². The number of hydrogen-bond acceptors (Lipinski definition) is 3. The van der Waals surface area contributed by atoms with E-state index in [1.54, 1.807) is 7.05 Å². The molecule has 0 spiro atoms. The highest BCUT2D eigenvalue weighted by Gasteiger charge is 2.17. The van der Waals surface area contributed by atoms with Gasteiger partial charge in [0, 0.05) is 7.05 Å². The van der Waals surface area contributed by atoms with Crippen LogP contribution in [0, 0.1) is 5.82 Å². The van der Waals surface area contributed by atoms with Crippen LogP contribution in [0.4, 0.5) is 10.1 Å². The van der Waals surface area contributed by atoms with Gasteiger partial charge in [0.15, 0.2) is 5.82 Å². The van der Waals surface area contributed by atoms with Crippen molar-refractivity contribution in [1.82, 2.24) is 9.55 Å². The van der Waals surface area contributed by atoms with E-state index in [4.69, 9.17) is 10.8 Å². The van der Waals surface area contributed by atoms with Crippen LogP contribution >= 0.6 is 0 Å². The second kappa shape index (κ2) is 2.94. The van der Waals surface area contributed by atoms with Crippen molar-refractivity contribution in [3.05, 3.63) is 23.8 Å². The Hall–Kier alpha value is -2.11. The Bertz CT molecular complexity index is 562. The Labute approximate surface area is 83.9 Å². The summed E-state index contributed by atoms with van der Waals surface area (Å²) in [5, 5.41) is 8.80. The standard InChI is InChI=1S/C9H8FN3O2/c1-13-3-12-8-5(13)2-4(9(14)15)7(11)6(8)10/h2-3H,11H2,1H3,(H,14,15). The Kier molecular flexibility index (Phi) is 1.85. The van der Waals surface area contributed by atoms with Crippen molar-refractivity contribution in [3.63, 3.8) is 0 Å². The minimum absolute atomic E-state index is 0.0833. The first-order valence-electron chi connectivity index (χ1n) is 4.14. The number of nitrogens with zero attached hydrogens (tertiary/aromatic N) is 2. The summed E-state index contributed by atoms with van der Waals surface area (Å²) in [7, 11) is 1.65. The molecule has 1 aromatic carbocycles. The number of carboxylic acids is 1. The van der Waals surface area contributed by atoms with Crippen LogP contribution in [-0.2, 0) is 7.05 Å². The topological polar surface area (TPSA) is 81.1 Å². The molecule has 0 amide bonds. The largest absolute Gasteiger partial charge is 0.478 e. The third-order valence-electron chi connectivity index (χ3n) is 2.23. The summed E-state index contributed by atoms with van der Waals surface area (Å²) < 4.78 is 15.1. The first-order chi connectivity index (χ1) is 7.02. The fraction of sp³-hybridized carbons (Fsp3) is 0.111. The van der Waals surface area contributed by atoms with Gasteiger partial charge in [0.2, 0.25) is 0 Å². The van der Waals surface area contributed by atoms with E-state index in [0.29, 0.717) is 5.52 Å². The molecule has 3 N–H and O–H groups in total. The highest BCUT2D eigenvalue weighted by Crippen LogP contribution is 2.25. The predicted octanol–water partition coefficient (Wildman–Crippen LogP) is 0.993. The molecule has 78 valence electrons. The van der Waals surface area contributed by atoms with Crippen LogP contribution in [0.2, 0.25) is 0 Å². The zero-order valence-corrected chi connectivity index (χ0v) is 7.86. The maximum Gasteiger partial charge on any atom is 0.337 e. The second-order valence-electron chi connectivity index (χ2n) is 3.18. The number of hydrogen-bond donors (Lipinski definition) is 2. The molecule has 1 heterocycles. The van der Waals surface area contributed by atoms with Crippen LogP contribution in [0.5, 0.6) is 0 Å². The maximum atomic E-state index is 13.6. The lowest BCUT2D eigenvalue weighted by atomic mass is 10.1. The summed E-state index contributed by atoms with van der Waals surface area (Å²) in [6.07, 6.45) is 1.40. The van der Waals surface area contributed by atoms with Crippen molar-refractivity contribution in [2.75, 3.05) is 5.73 Å². The van der Waals surface area contributed by atoms with Crippen LogP contribution in [0.3, 0.4) is 0 Å². The molecule has 5 nitrogen and oxygen atoms in total. The molecule has 0 saturated heterocycles. The van der Waals surface area contributed by atoms with E-state index in [1.165, 1.54) is 17.0 Å². The Morgan fingerprint density at radius 3 is 2.93 bits per heavy atom. The maximum absolute atomic E-state index is 13.6. The molecule has 2 aromatic rings. The molecule has 0 atom stereocenters. The molecule has 0 saturated carbocycles. The van der Waals surface area contributed by atoms with Crippen molar-refractivity contribution >= 4 is 22.7 Å². The normalized spacial score (nSPS) is 10.8. The molecule has 0 bridgehead atoms. The van der Waals surface area contributed by atoms with Gasteiger partial charge in [-0.3, -0.25) is 0 Å². The summed E-state index contributed by atoms with van der Waals surface area (Å²) in [4.78, 5) is 14.6. The fourth-order valence-corrected chi connectivity index (χ4v) is 1.42. The van der Waals surface area contributed by atoms with Gasteiger partial charge in [-0.1, -0.05) is 0 Å². The number of halogens is 1. The lowest BCUT2D eigenvalue weighted by molar-refractivity contribution is 0.0698. The van der Waals surface area contributed by atoms with E-state index < -0.39 is 11.8 Å². The lowest BCUT2D eigenvalue weighted by Gasteiger charge is -2.03. The van der Waals surface area contributed by atoms with E-state index >= 15 is 0 Å². The smallest absolute Gasteiger partial charge is 0.337 e. The monoisotopic (exact) mass is 209 g/mol. The van der Waals surface area contributed by atoms with Crippen LogP contribution in [0.1, 0.15) is 10.4 Å². The summed E-state index contributed by atoms with van der Waals surface area (Å²) in [6, 6.07) is 1.31. The van der Waals surface area contributed by atoms with Crippen LogP contribution in [0.25, 0.3) is 11.0 Å². The van der Waals surface area contributed by atoms with E-state index in [9.17, 15) is 9.18 Å². The van der Waals surface area contributed by atoms with Gasteiger partial charge in [-0.25, -0.2) is 14.2 Å². The van der Waals surface area contributed by atoms with Crippen LogP contribution in [-0.4, -0.2) is 20.6 Å². The first-order valence-corrected chi connectivity index (χ1v) is 4.14. The molecule has 15 heavy (non-hydrogen) atoms. The fourth-order valence-electron chi connectivity index (χ4n) is 1.42. The Morgan fingerprint density at radius 1 is 1.67 bits per heavy atom. The molecule has 0 aliphatic rings. The SMILES string of the molecule is Cn1cnc2c(F)c(N)c(C(=O)O)cc21. The summed E-state index contributed by atoms with van der Waals surface area (Å²) >= 11 is 0. The summed E-state index contributed by atoms with van der Waals surface area (Å²) in [6.45, 7) is 0. The first kappa shape index (κ1) is 9.45. The van der Waals surface area contributed by atoms with Gasteiger partial charge in [0.05, 0.1) is 23.1 Å². The van der Waals surface area contributed by atoms with Gasteiger partial charge < -0.3 is 15.4 Å². The van der Waals surface area contributed by atoms with E-state index in [-0.39, 0.29) is 16.8 Å². The number of nitrogen functional groups attached to an aromatic ring is 1. The Morgan fingerprint density at radius 2 is 2.33 bits per heavy atom. The third kappa shape index (κ3) is 1.22. The highest BCUT2D eigenvalue weighted by atomic mass is 19.1. The van der Waals surface area contributed by atoms with E-state index in [0.717, 1.165) is 0 Å². The minimum atomic E-state index is -1.26. The molecule has 0 radical (unpaired) electrons. The number of carboxylic acid groups (broad SMARTS) is 1. The molecule has 0 aliphatic carbocycles. The number of fused-ring (bicyclic) bond motifs is 1. The van der Waals surface area contributed by atoms with E-state index in [1.807, 2.05) is 0 Å². The number of anilines is 1. The van der Waals surface area contributed by atoms with Gasteiger partial charge in [0.25, 0.3) is 0 Å². The van der Waals surface area contributed by atoms with Crippen molar-refractivity contribution in [1.29, 1.82) is 0 Å². The quantitative estimate of drug-likeness (QED) is 0.686. The third-order valence-corrected chi connectivity index (χ3v) is 2.23. The molecule has 0 aliphatic heterocycles. The lowest BCUT2D eigenvalue weighted by Crippen LogP contribution is -2.05. The summed E-state index contributed by atoms with van der Waals surface area (Å²) in [5.41, 5.74) is 5.21. The van der Waals surface area contributed by atoms with Crippen LogP contribution in [0.15, 0.2) is 12.4 Å². The molecular formula is C9H8FN3O2. The van der Waals surface area contributed by atoms with Crippen molar-refractivity contribution in [2.24, 2.45) is 7.05 Å². The van der Waals surface area contributed by atoms with Gasteiger partial charge in [-0.2, -0.15) is 0 Å². The number of nitrogens with two attached hydrogens (primary N) is 1. The molecule has 0 unspecified atom stereocenters. The second-order valence-corrected chi connectivity index (χ2v) is 3.18. The zero-order chi connectivity index (χ0) is 11.2. The number of rotatable bonds is 1. The molecular weight excluding hydrogens is 201 g/mol. The average Bonchev–Trinajstić information content (AvgIpc) is 2.53. The number of benzene rings is 1. The average molecular weight is 209 g/mol.